The predicted molar refractivity (Wildman–Crippen MR) is 132 cm³/mol. The van der Waals surface area contributed by atoms with Crippen LogP contribution in [0.4, 0.5) is 13.2 Å². The van der Waals surface area contributed by atoms with Gasteiger partial charge >= 0.3 is 6.36 Å². The van der Waals surface area contributed by atoms with Crippen molar-refractivity contribution in [3.05, 3.63) is 65.4 Å². The number of aromatic nitrogens is 2. The van der Waals surface area contributed by atoms with Crippen LogP contribution < -0.4 is 14.2 Å². The Balaban J connectivity index is 0.000000192. The van der Waals surface area contributed by atoms with E-state index in [1.807, 2.05) is 30.5 Å². The van der Waals surface area contributed by atoms with Gasteiger partial charge in [0, 0.05) is 28.7 Å². The van der Waals surface area contributed by atoms with Crippen LogP contribution in [-0.4, -0.2) is 29.3 Å². The number of methoxy groups -OCH3 is 2. The summed E-state index contributed by atoms with van der Waals surface area (Å²) >= 11 is 6.24. The molecule has 0 radical (unpaired) electrons. The van der Waals surface area contributed by atoms with E-state index in [0.717, 1.165) is 41.5 Å². The molecule has 0 atom stereocenters. The third-order valence-corrected chi connectivity index (χ3v) is 7.45. The lowest BCUT2D eigenvalue weighted by Crippen LogP contribution is -2.16. The molecule has 176 valence electrons. The van der Waals surface area contributed by atoms with Crippen molar-refractivity contribution in [2.24, 2.45) is 0 Å². The molecule has 5 aromatic rings. The van der Waals surface area contributed by atoms with Crippen LogP contribution in [0.3, 0.4) is 0 Å². The molecule has 0 saturated carbocycles. The summed E-state index contributed by atoms with van der Waals surface area (Å²) in [6, 6.07) is 13.3. The molecule has 2 aromatic heterocycles. The fourth-order valence-electron chi connectivity index (χ4n) is 3.22. The maximum atomic E-state index is 12.2. The molecule has 5 nitrogen and oxygen atoms in total. The lowest BCUT2D eigenvalue weighted by Gasteiger charge is -2.12. The minimum absolute atomic E-state index is 0.258. The number of benzene rings is 3. The number of ether oxygens (including phenoxy) is 3. The molecule has 0 bridgehead atoms. The monoisotopic (exact) mass is 568 g/mol. The Morgan fingerprint density at radius 3 is 1.91 bits per heavy atom. The lowest BCUT2D eigenvalue weighted by atomic mass is 10.0. The van der Waals surface area contributed by atoms with E-state index < -0.39 is 6.36 Å². The van der Waals surface area contributed by atoms with E-state index in [1.54, 1.807) is 32.5 Å². The zero-order valence-corrected chi connectivity index (χ0v) is 20.9. The van der Waals surface area contributed by atoms with Crippen LogP contribution in [0.2, 0.25) is 0 Å². The van der Waals surface area contributed by atoms with Crippen molar-refractivity contribution >= 4 is 59.2 Å². The average Bonchev–Trinajstić information content (AvgIpc) is 3.48. The van der Waals surface area contributed by atoms with E-state index in [-0.39, 0.29) is 5.75 Å². The molecular formula is C23H16BrF3N2O3S2. The van der Waals surface area contributed by atoms with Crippen molar-refractivity contribution in [1.29, 1.82) is 0 Å². The first-order chi connectivity index (χ1) is 16.3. The fraction of sp³-hybridized carbons (Fsp3) is 0.130. The largest absolute Gasteiger partial charge is 0.573 e. The molecule has 0 aliphatic heterocycles. The minimum Gasteiger partial charge on any atom is -0.496 e. The van der Waals surface area contributed by atoms with Crippen molar-refractivity contribution in [3.8, 4) is 28.4 Å². The molecule has 0 aliphatic carbocycles. The second-order valence-corrected chi connectivity index (χ2v) is 9.18. The van der Waals surface area contributed by atoms with Gasteiger partial charge in [0.1, 0.15) is 17.2 Å². The number of hydrogen-bond donors (Lipinski definition) is 0. The Labute approximate surface area is 209 Å². The molecule has 0 unspecified atom stereocenters. The minimum atomic E-state index is -4.70. The Hall–Kier alpha value is -2.89. The highest BCUT2D eigenvalue weighted by molar-refractivity contribution is 9.10. The summed E-state index contributed by atoms with van der Waals surface area (Å²) in [5.41, 5.74) is 1.54. The fourth-order valence-corrected chi connectivity index (χ4v) is 5.45. The van der Waals surface area contributed by atoms with Crippen LogP contribution in [0.15, 0.2) is 65.4 Å². The zero-order valence-electron chi connectivity index (χ0n) is 17.7. The number of nitrogens with zero attached hydrogens (tertiary/aromatic N) is 2. The molecule has 0 saturated heterocycles. The van der Waals surface area contributed by atoms with Crippen LogP contribution in [0.5, 0.6) is 17.2 Å². The number of rotatable bonds is 4. The molecule has 0 amide bonds. The second kappa shape index (κ2) is 10.2. The predicted octanol–water partition coefficient (Wildman–Crippen LogP) is 7.94. The molecule has 0 aliphatic rings. The van der Waals surface area contributed by atoms with Gasteiger partial charge in [-0.3, -0.25) is 0 Å². The van der Waals surface area contributed by atoms with Crippen LogP contribution in [0.25, 0.3) is 31.3 Å². The van der Waals surface area contributed by atoms with Gasteiger partial charge < -0.3 is 14.2 Å². The van der Waals surface area contributed by atoms with Gasteiger partial charge in [0.2, 0.25) is 0 Å². The molecule has 3 aromatic carbocycles. The van der Waals surface area contributed by atoms with Gasteiger partial charge in [-0.1, -0.05) is 12.1 Å². The number of alkyl halides is 3. The molecule has 11 heteroatoms. The zero-order chi connectivity index (χ0) is 24.3. The van der Waals surface area contributed by atoms with Gasteiger partial charge in [-0.2, -0.15) is 8.75 Å². The highest BCUT2D eigenvalue weighted by atomic mass is 79.9. The van der Waals surface area contributed by atoms with Gasteiger partial charge in [0.25, 0.3) is 0 Å². The first kappa shape index (κ1) is 24.2. The first-order valence-corrected chi connectivity index (χ1v) is 12.0. The molecule has 2 heterocycles. The van der Waals surface area contributed by atoms with Gasteiger partial charge in [-0.15, -0.1) is 13.2 Å². The summed E-state index contributed by atoms with van der Waals surface area (Å²) in [7, 11) is 3.21. The van der Waals surface area contributed by atoms with Crippen molar-refractivity contribution in [2.75, 3.05) is 14.2 Å². The summed E-state index contributed by atoms with van der Waals surface area (Å²) in [4.78, 5) is 0. The molecular weight excluding hydrogens is 553 g/mol. The average molecular weight is 569 g/mol. The van der Waals surface area contributed by atoms with Gasteiger partial charge in [-0.25, -0.2) is 0 Å². The van der Waals surface area contributed by atoms with E-state index in [1.165, 1.54) is 35.2 Å². The van der Waals surface area contributed by atoms with Crippen LogP contribution in [0.1, 0.15) is 0 Å². The second-order valence-electron chi connectivity index (χ2n) is 6.79. The van der Waals surface area contributed by atoms with Crippen LogP contribution in [-0.2, 0) is 0 Å². The van der Waals surface area contributed by atoms with Crippen molar-refractivity contribution in [2.45, 2.75) is 6.36 Å². The lowest BCUT2D eigenvalue weighted by molar-refractivity contribution is -0.274. The Kier molecular flexibility index (Phi) is 7.24. The quantitative estimate of drug-likeness (QED) is 0.220. The smallest absolute Gasteiger partial charge is 0.496 e. The number of fused-ring (bicyclic) bond motifs is 2. The molecule has 0 spiro atoms. The maximum absolute atomic E-state index is 12.2. The van der Waals surface area contributed by atoms with E-state index in [0.29, 0.717) is 5.75 Å². The third kappa shape index (κ3) is 5.26. The Morgan fingerprint density at radius 1 is 0.765 bits per heavy atom. The standard InChI is InChI=1S/C15H10F3NO2S.C8H6BrNOS/c1-20-12-7-4-10-8-19-22-14(10)13(12)9-2-5-11(6-3-9)21-15(16,17)18;1-11-6-3-2-5-4-10-12-8(5)7(6)9/h2-8H,1H3;2-4H,1H3. The van der Waals surface area contributed by atoms with E-state index in [9.17, 15) is 13.2 Å². The molecule has 0 fully saturated rings. The SMILES string of the molecule is COc1ccc2cnsc2c1-c1ccc(OC(F)(F)F)cc1.COc1ccc2cnsc2c1Br. The highest BCUT2D eigenvalue weighted by Crippen LogP contribution is 2.39. The summed E-state index contributed by atoms with van der Waals surface area (Å²) in [6.07, 6.45) is -1.11. The summed E-state index contributed by atoms with van der Waals surface area (Å²) in [5.74, 6) is 1.24. The Morgan fingerprint density at radius 2 is 1.32 bits per heavy atom. The van der Waals surface area contributed by atoms with E-state index in [4.69, 9.17) is 9.47 Å². The van der Waals surface area contributed by atoms with E-state index in [2.05, 4.69) is 29.4 Å². The van der Waals surface area contributed by atoms with Crippen LogP contribution in [0, 0.1) is 0 Å². The molecule has 5 rings (SSSR count). The van der Waals surface area contributed by atoms with E-state index >= 15 is 0 Å². The molecule has 34 heavy (non-hydrogen) atoms. The highest BCUT2D eigenvalue weighted by Gasteiger charge is 2.31. The summed E-state index contributed by atoms with van der Waals surface area (Å²) in [6.45, 7) is 0. The normalized spacial score (nSPS) is 11.2. The van der Waals surface area contributed by atoms with Gasteiger partial charge in [-0.05, 0) is 81.0 Å². The van der Waals surface area contributed by atoms with Gasteiger partial charge in [0.05, 0.1) is 28.1 Å². The number of hydrogen-bond acceptors (Lipinski definition) is 7. The van der Waals surface area contributed by atoms with Crippen molar-refractivity contribution in [3.63, 3.8) is 0 Å². The topological polar surface area (TPSA) is 53.5 Å². The van der Waals surface area contributed by atoms with Gasteiger partial charge in [0.15, 0.2) is 0 Å². The maximum Gasteiger partial charge on any atom is 0.573 e. The summed E-state index contributed by atoms with van der Waals surface area (Å²) < 4.78 is 62.3. The summed E-state index contributed by atoms with van der Waals surface area (Å²) in [5, 5.41) is 2.10. The van der Waals surface area contributed by atoms with Crippen LogP contribution >= 0.6 is 39.0 Å². The molecule has 0 N–H and O–H groups in total. The first-order valence-electron chi connectivity index (χ1n) is 9.65. The third-order valence-electron chi connectivity index (χ3n) is 4.73. The van der Waals surface area contributed by atoms with Crippen molar-refractivity contribution in [1.82, 2.24) is 8.75 Å². The number of halogens is 4. The van der Waals surface area contributed by atoms with Crippen molar-refractivity contribution < 1.29 is 27.4 Å². The Bertz CT molecular complexity index is 1420.